The van der Waals surface area contributed by atoms with Gasteiger partial charge in [-0.2, -0.15) is 0 Å². The zero-order chi connectivity index (χ0) is 17.4. The summed E-state index contributed by atoms with van der Waals surface area (Å²) in [7, 11) is 2.00. The Bertz CT molecular complexity index is 1070. The maximum Gasteiger partial charge on any atom is 0.234 e. The molecule has 1 aromatic carbocycles. The highest BCUT2D eigenvalue weighted by Gasteiger charge is 2.06. The molecule has 0 aliphatic carbocycles. The van der Waals surface area contributed by atoms with E-state index < -0.39 is 0 Å². The van der Waals surface area contributed by atoms with Crippen molar-refractivity contribution >= 4 is 17.9 Å². The van der Waals surface area contributed by atoms with Crippen LogP contribution in [0.1, 0.15) is 22.9 Å². The fourth-order valence-electron chi connectivity index (χ4n) is 2.91. The summed E-state index contributed by atoms with van der Waals surface area (Å²) in [5, 5.41) is 0. The Hall–Kier alpha value is -3.21. The van der Waals surface area contributed by atoms with Gasteiger partial charge in [0, 0.05) is 36.4 Å². The van der Waals surface area contributed by atoms with Gasteiger partial charge in [0.1, 0.15) is 5.82 Å². The second-order valence-corrected chi connectivity index (χ2v) is 6.17. The molecule has 4 rings (SSSR count). The summed E-state index contributed by atoms with van der Waals surface area (Å²) in [5.74, 6) is 1.61. The van der Waals surface area contributed by atoms with Crippen LogP contribution in [0.25, 0.3) is 29.2 Å². The van der Waals surface area contributed by atoms with Crippen LogP contribution in [0.5, 0.6) is 0 Å². The van der Waals surface area contributed by atoms with Gasteiger partial charge in [0.2, 0.25) is 5.78 Å². The molecular formula is C20H19N5. The Balaban J connectivity index is 1.66. The summed E-state index contributed by atoms with van der Waals surface area (Å²) in [5.41, 5.74) is 5.04. The molecule has 0 fully saturated rings. The van der Waals surface area contributed by atoms with Gasteiger partial charge in [-0.15, -0.1) is 0 Å². The topological polar surface area (TPSA) is 48.0 Å². The minimum absolute atomic E-state index is 0.724. The van der Waals surface area contributed by atoms with E-state index in [0.717, 1.165) is 39.9 Å². The Morgan fingerprint density at radius 2 is 1.72 bits per heavy atom. The van der Waals surface area contributed by atoms with Gasteiger partial charge in [0.05, 0.1) is 11.4 Å². The van der Waals surface area contributed by atoms with E-state index in [-0.39, 0.29) is 0 Å². The van der Waals surface area contributed by atoms with Crippen LogP contribution in [0.15, 0.2) is 48.8 Å². The number of nitrogens with zero attached hydrogens (tertiary/aromatic N) is 5. The van der Waals surface area contributed by atoms with Crippen molar-refractivity contribution in [3.8, 4) is 11.3 Å². The third-order valence-electron chi connectivity index (χ3n) is 4.17. The van der Waals surface area contributed by atoms with Crippen molar-refractivity contribution in [3.05, 3.63) is 71.7 Å². The first-order valence-electron chi connectivity index (χ1n) is 8.20. The van der Waals surface area contributed by atoms with E-state index in [0.29, 0.717) is 0 Å². The normalized spacial score (nSPS) is 11.6. The quantitative estimate of drug-likeness (QED) is 0.572. The molecule has 0 saturated carbocycles. The molecule has 0 aliphatic heterocycles. The van der Waals surface area contributed by atoms with Gasteiger partial charge in [0.15, 0.2) is 0 Å². The number of benzene rings is 1. The van der Waals surface area contributed by atoms with Gasteiger partial charge in [-0.3, -0.25) is 4.40 Å². The molecule has 0 spiro atoms. The first kappa shape index (κ1) is 15.3. The van der Waals surface area contributed by atoms with Crippen molar-refractivity contribution in [1.29, 1.82) is 0 Å². The number of hydrogen-bond donors (Lipinski definition) is 0. The average molecular weight is 329 g/mol. The molecule has 25 heavy (non-hydrogen) atoms. The Morgan fingerprint density at radius 1 is 0.920 bits per heavy atom. The summed E-state index contributed by atoms with van der Waals surface area (Å²) in [4.78, 5) is 13.7. The van der Waals surface area contributed by atoms with Crippen LogP contribution in [0.2, 0.25) is 0 Å². The van der Waals surface area contributed by atoms with Crippen LogP contribution in [0, 0.1) is 13.8 Å². The van der Waals surface area contributed by atoms with E-state index in [1.54, 1.807) is 0 Å². The first-order chi connectivity index (χ1) is 12.1. The lowest BCUT2D eigenvalue weighted by Gasteiger charge is -1.98. The van der Waals surface area contributed by atoms with Crippen molar-refractivity contribution in [3.63, 3.8) is 0 Å². The summed E-state index contributed by atoms with van der Waals surface area (Å²) < 4.78 is 4.02. The number of imidazole rings is 2. The molecule has 0 saturated heterocycles. The van der Waals surface area contributed by atoms with Crippen LogP contribution in [-0.2, 0) is 7.05 Å². The van der Waals surface area contributed by atoms with E-state index in [2.05, 4.69) is 29.0 Å². The van der Waals surface area contributed by atoms with Gasteiger partial charge < -0.3 is 4.57 Å². The molecule has 3 heterocycles. The third kappa shape index (κ3) is 2.96. The third-order valence-corrected chi connectivity index (χ3v) is 4.17. The van der Waals surface area contributed by atoms with Gasteiger partial charge in [0.25, 0.3) is 0 Å². The highest BCUT2D eigenvalue weighted by Crippen LogP contribution is 2.19. The Kier molecular flexibility index (Phi) is 3.69. The molecule has 124 valence electrons. The molecule has 0 N–H and O–H groups in total. The van der Waals surface area contributed by atoms with Gasteiger partial charge in [-0.05, 0) is 32.1 Å². The summed E-state index contributed by atoms with van der Waals surface area (Å²) >= 11 is 0. The number of rotatable bonds is 3. The predicted octanol–water partition coefficient (Wildman–Crippen LogP) is 3.92. The van der Waals surface area contributed by atoms with E-state index in [4.69, 9.17) is 4.98 Å². The Labute approximate surface area is 146 Å². The zero-order valence-electron chi connectivity index (χ0n) is 14.5. The fraction of sp³-hybridized carbons (Fsp3) is 0.150. The smallest absolute Gasteiger partial charge is 0.234 e. The highest BCUT2D eigenvalue weighted by atomic mass is 15.1. The number of fused-ring (bicyclic) bond motifs is 1. The molecule has 5 heteroatoms. The second kappa shape index (κ2) is 6.02. The molecule has 0 aliphatic rings. The van der Waals surface area contributed by atoms with Crippen LogP contribution >= 0.6 is 0 Å². The molecular weight excluding hydrogens is 310 g/mol. The number of aryl methyl sites for hydroxylation is 3. The van der Waals surface area contributed by atoms with Gasteiger partial charge >= 0.3 is 0 Å². The maximum absolute atomic E-state index is 4.71. The van der Waals surface area contributed by atoms with E-state index >= 15 is 0 Å². The monoisotopic (exact) mass is 329 g/mol. The minimum atomic E-state index is 0.724. The standard InChI is InChI=1S/C20H19N5/c1-14-11-15(2)25-12-17(22-20(25)21-14)9-10-19-23-18(13-24(19)3)16-7-5-4-6-8-16/h4-13H,1-3H3/b10-9-. The first-order valence-corrected chi connectivity index (χ1v) is 8.20. The average Bonchev–Trinajstić information content (AvgIpc) is 3.17. The predicted molar refractivity (Wildman–Crippen MR) is 100 cm³/mol. The summed E-state index contributed by atoms with van der Waals surface area (Å²) in [6, 6.07) is 12.2. The van der Waals surface area contributed by atoms with Crippen molar-refractivity contribution in [2.45, 2.75) is 13.8 Å². The molecule has 0 radical (unpaired) electrons. The number of aromatic nitrogens is 5. The molecule has 0 amide bonds. The highest BCUT2D eigenvalue weighted by molar-refractivity contribution is 5.68. The van der Waals surface area contributed by atoms with E-state index in [1.807, 2.05) is 71.8 Å². The molecule has 4 aromatic rings. The molecule has 0 unspecified atom stereocenters. The molecule has 3 aromatic heterocycles. The van der Waals surface area contributed by atoms with Crippen LogP contribution in [0.4, 0.5) is 0 Å². The van der Waals surface area contributed by atoms with Crippen LogP contribution in [0.3, 0.4) is 0 Å². The number of hydrogen-bond acceptors (Lipinski definition) is 3. The van der Waals surface area contributed by atoms with E-state index in [1.165, 1.54) is 0 Å². The van der Waals surface area contributed by atoms with Crippen LogP contribution in [-0.4, -0.2) is 23.9 Å². The lowest BCUT2D eigenvalue weighted by Crippen LogP contribution is -1.94. The molecule has 0 bridgehead atoms. The van der Waals surface area contributed by atoms with E-state index in [9.17, 15) is 0 Å². The molecule has 0 atom stereocenters. The maximum atomic E-state index is 4.71. The minimum Gasteiger partial charge on any atom is -0.334 e. The van der Waals surface area contributed by atoms with Crippen molar-refractivity contribution in [2.24, 2.45) is 7.05 Å². The van der Waals surface area contributed by atoms with Gasteiger partial charge in [-0.25, -0.2) is 15.0 Å². The van der Waals surface area contributed by atoms with Crippen molar-refractivity contribution in [1.82, 2.24) is 23.9 Å². The van der Waals surface area contributed by atoms with Gasteiger partial charge in [-0.1, -0.05) is 30.3 Å². The van der Waals surface area contributed by atoms with Crippen molar-refractivity contribution < 1.29 is 0 Å². The van der Waals surface area contributed by atoms with Crippen molar-refractivity contribution in [2.75, 3.05) is 0 Å². The Morgan fingerprint density at radius 3 is 2.52 bits per heavy atom. The fourth-order valence-corrected chi connectivity index (χ4v) is 2.91. The lowest BCUT2D eigenvalue weighted by molar-refractivity contribution is 0.898. The largest absolute Gasteiger partial charge is 0.334 e. The summed E-state index contributed by atoms with van der Waals surface area (Å²) in [6.45, 7) is 4.04. The lowest BCUT2D eigenvalue weighted by atomic mass is 10.2. The zero-order valence-corrected chi connectivity index (χ0v) is 14.5. The molecule has 5 nitrogen and oxygen atoms in total. The SMILES string of the molecule is Cc1cc(C)n2cc(/C=C\c3nc(-c4ccccc4)cn3C)nc2n1. The van der Waals surface area contributed by atoms with Crippen LogP contribution < -0.4 is 0 Å². The second-order valence-electron chi connectivity index (χ2n) is 6.17. The summed E-state index contributed by atoms with van der Waals surface area (Å²) in [6.07, 6.45) is 7.99.